The van der Waals surface area contributed by atoms with Crippen LogP contribution in [0.2, 0.25) is 0 Å². The molecule has 0 saturated heterocycles. The second-order valence-corrected chi connectivity index (χ2v) is 8.23. The number of ether oxygens (including phenoxy) is 1. The molecule has 28 heavy (non-hydrogen) atoms. The Labute approximate surface area is 164 Å². The van der Waals surface area contributed by atoms with Gasteiger partial charge < -0.3 is 15.0 Å². The van der Waals surface area contributed by atoms with E-state index in [1.807, 2.05) is 0 Å². The summed E-state index contributed by atoms with van der Waals surface area (Å²) in [5.41, 5.74) is 0.110. The number of thiophene rings is 1. The van der Waals surface area contributed by atoms with Gasteiger partial charge in [-0.25, -0.2) is 9.97 Å². The number of H-pyrrole nitrogens is 1. The number of aromatic amines is 1. The number of aromatic nitrogens is 3. The molecule has 0 fully saturated rings. The first-order chi connectivity index (χ1) is 13.3. The van der Waals surface area contributed by atoms with Gasteiger partial charge in [0.05, 0.1) is 10.2 Å². The largest absolute Gasteiger partial charge is 0.433 e. The van der Waals surface area contributed by atoms with Crippen molar-refractivity contribution >= 4 is 58.5 Å². The summed E-state index contributed by atoms with van der Waals surface area (Å²) in [5, 5.41) is 4.26. The van der Waals surface area contributed by atoms with Crippen molar-refractivity contribution in [2.24, 2.45) is 0 Å². The molecule has 6 nitrogen and oxygen atoms in total. The number of hydrogen-bond acceptors (Lipinski definition) is 7. The predicted octanol–water partition coefficient (Wildman–Crippen LogP) is 4.52. The van der Waals surface area contributed by atoms with Gasteiger partial charge in [-0.1, -0.05) is 11.3 Å². The van der Waals surface area contributed by atoms with Gasteiger partial charge in [0, 0.05) is 25.6 Å². The number of aryl methyl sites for hydroxylation is 1. The van der Waals surface area contributed by atoms with Crippen LogP contribution in [-0.2, 0) is 10.9 Å². The smallest absolute Gasteiger partial charge is 0.385 e. The maximum Gasteiger partial charge on any atom is 0.433 e. The van der Waals surface area contributed by atoms with Crippen molar-refractivity contribution in [3.05, 3.63) is 27.7 Å². The number of nitrogens with one attached hydrogen (secondary N) is 2. The molecule has 0 radical (unpaired) electrons. The number of anilines is 1. The Kier molecular flexibility index (Phi) is 4.76. The molecule has 0 atom stereocenters. The van der Waals surface area contributed by atoms with Gasteiger partial charge in [0.2, 0.25) is 0 Å². The molecule has 4 heterocycles. The topological polar surface area (TPSA) is 79.9 Å². The summed E-state index contributed by atoms with van der Waals surface area (Å²) in [6.45, 7) is 2.82. The zero-order valence-electron chi connectivity index (χ0n) is 14.9. The lowest BCUT2D eigenvalue weighted by molar-refractivity contribution is -0.141. The summed E-state index contributed by atoms with van der Waals surface area (Å²) in [7, 11) is 1.62. The highest BCUT2D eigenvalue weighted by Gasteiger charge is 2.33. The van der Waals surface area contributed by atoms with Crippen molar-refractivity contribution in [3.63, 3.8) is 0 Å². The lowest BCUT2D eigenvalue weighted by atomic mass is 10.1. The Bertz CT molecular complexity index is 1240. The van der Waals surface area contributed by atoms with Crippen LogP contribution >= 0.6 is 22.7 Å². The molecular formula is C17H15F3N4O2S2. The number of pyridine rings is 2. The molecule has 0 aliphatic carbocycles. The zero-order valence-corrected chi connectivity index (χ0v) is 16.5. The SMILES string of the molecule is COCCCNc1nc2c(s1)c(=O)[nH]c1c2sc2nc(C(F)(F)F)cc(C)c21. The van der Waals surface area contributed by atoms with E-state index in [9.17, 15) is 18.0 Å². The second kappa shape index (κ2) is 6.98. The number of hydrogen-bond donors (Lipinski definition) is 2. The van der Waals surface area contributed by atoms with Crippen LogP contribution in [0.15, 0.2) is 10.9 Å². The molecular weight excluding hydrogens is 413 g/mol. The maximum atomic E-state index is 13.1. The van der Waals surface area contributed by atoms with Crippen LogP contribution < -0.4 is 10.9 Å². The van der Waals surface area contributed by atoms with Crippen LogP contribution in [0.4, 0.5) is 18.3 Å². The fourth-order valence-corrected chi connectivity index (χ4v) is 5.16. The molecule has 0 aromatic carbocycles. The van der Waals surface area contributed by atoms with E-state index in [0.717, 1.165) is 23.8 Å². The van der Waals surface area contributed by atoms with Gasteiger partial charge in [0.25, 0.3) is 5.56 Å². The Hall–Kier alpha value is -2.24. The Morgan fingerprint density at radius 2 is 2.04 bits per heavy atom. The summed E-state index contributed by atoms with van der Waals surface area (Å²) in [4.78, 5) is 23.8. The molecule has 0 spiro atoms. The molecule has 0 unspecified atom stereocenters. The molecule has 11 heteroatoms. The highest BCUT2D eigenvalue weighted by atomic mass is 32.1. The van der Waals surface area contributed by atoms with E-state index < -0.39 is 11.9 Å². The van der Waals surface area contributed by atoms with E-state index in [0.29, 0.717) is 49.7 Å². The van der Waals surface area contributed by atoms with Gasteiger partial charge in [-0.2, -0.15) is 13.2 Å². The number of thiazole rings is 1. The van der Waals surface area contributed by atoms with Crippen molar-refractivity contribution in [1.82, 2.24) is 15.0 Å². The van der Waals surface area contributed by atoms with E-state index >= 15 is 0 Å². The second-order valence-electron chi connectivity index (χ2n) is 6.23. The van der Waals surface area contributed by atoms with Gasteiger partial charge in [0.15, 0.2) is 5.13 Å². The Morgan fingerprint density at radius 1 is 1.25 bits per heavy atom. The fraction of sp³-hybridized carbons (Fsp3) is 0.353. The van der Waals surface area contributed by atoms with Crippen LogP contribution in [0.1, 0.15) is 17.7 Å². The van der Waals surface area contributed by atoms with E-state index in [1.165, 1.54) is 11.3 Å². The van der Waals surface area contributed by atoms with E-state index in [2.05, 4.69) is 20.3 Å². The number of rotatable bonds is 5. The third kappa shape index (κ3) is 3.23. The predicted molar refractivity (Wildman–Crippen MR) is 106 cm³/mol. The number of alkyl halides is 3. The van der Waals surface area contributed by atoms with Crippen molar-refractivity contribution in [1.29, 1.82) is 0 Å². The van der Waals surface area contributed by atoms with E-state index in [-0.39, 0.29) is 10.4 Å². The van der Waals surface area contributed by atoms with Crippen LogP contribution in [0.25, 0.3) is 30.6 Å². The summed E-state index contributed by atoms with van der Waals surface area (Å²) >= 11 is 2.32. The highest BCUT2D eigenvalue weighted by Crippen LogP contribution is 2.40. The third-order valence-electron chi connectivity index (χ3n) is 4.24. The maximum absolute atomic E-state index is 13.1. The van der Waals surface area contributed by atoms with Crippen LogP contribution in [0.5, 0.6) is 0 Å². The van der Waals surface area contributed by atoms with Gasteiger partial charge in [-0.05, 0) is 25.0 Å². The molecule has 4 aromatic rings. The molecule has 0 aliphatic rings. The molecule has 0 bridgehead atoms. The lowest BCUT2D eigenvalue weighted by Crippen LogP contribution is -2.08. The minimum absolute atomic E-state index is 0.230. The van der Waals surface area contributed by atoms with Crippen LogP contribution in [-0.4, -0.2) is 35.2 Å². The third-order valence-corrected chi connectivity index (χ3v) is 6.34. The zero-order chi connectivity index (χ0) is 20.1. The Morgan fingerprint density at radius 3 is 2.75 bits per heavy atom. The normalized spacial score (nSPS) is 12.5. The van der Waals surface area contributed by atoms with Crippen LogP contribution in [0.3, 0.4) is 0 Å². The summed E-state index contributed by atoms with van der Waals surface area (Å²) in [6.07, 6.45) is -3.75. The molecule has 2 N–H and O–H groups in total. The summed E-state index contributed by atoms with van der Waals surface area (Å²) in [5.74, 6) is 0. The number of fused-ring (bicyclic) bond motifs is 5. The number of halogens is 3. The van der Waals surface area contributed by atoms with E-state index in [4.69, 9.17) is 4.74 Å². The van der Waals surface area contributed by atoms with Crippen molar-refractivity contribution < 1.29 is 17.9 Å². The van der Waals surface area contributed by atoms with Crippen LogP contribution in [0, 0.1) is 6.92 Å². The minimum Gasteiger partial charge on any atom is -0.385 e. The average molecular weight is 428 g/mol. The molecule has 0 amide bonds. The number of methoxy groups -OCH3 is 1. The van der Waals surface area contributed by atoms with Gasteiger partial charge in [-0.15, -0.1) is 11.3 Å². The summed E-state index contributed by atoms with van der Waals surface area (Å²) < 4.78 is 45.4. The molecule has 148 valence electrons. The highest BCUT2D eigenvalue weighted by molar-refractivity contribution is 7.27. The molecule has 0 aliphatic heterocycles. The van der Waals surface area contributed by atoms with Gasteiger partial charge in [0.1, 0.15) is 20.7 Å². The number of nitrogens with zero attached hydrogens (tertiary/aromatic N) is 2. The first kappa shape index (κ1) is 19.1. The summed E-state index contributed by atoms with van der Waals surface area (Å²) in [6, 6.07) is 1.00. The minimum atomic E-state index is -4.53. The Balaban J connectivity index is 1.89. The first-order valence-corrected chi connectivity index (χ1v) is 9.99. The molecule has 4 aromatic heterocycles. The standard InChI is InChI=1S/C17H15F3N4O2S2/c1-7-6-8(17(18,19)20)22-15-9(7)10-12(27-15)11-13(14(25)23-10)28-16(24-11)21-4-3-5-26-2/h6H,3-5H2,1-2H3,(H,21,24)(H,23,25). The lowest BCUT2D eigenvalue weighted by Gasteiger charge is -2.06. The van der Waals surface area contributed by atoms with E-state index in [1.54, 1.807) is 14.0 Å². The van der Waals surface area contributed by atoms with Crippen molar-refractivity contribution in [2.45, 2.75) is 19.5 Å². The first-order valence-electron chi connectivity index (χ1n) is 8.36. The van der Waals surface area contributed by atoms with Gasteiger partial charge in [-0.3, -0.25) is 4.79 Å². The van der Waals surface area contributed by atoms with Crippen molar-refractivity contribution in [2.75, 3.05) is 25.6 Å². The average Bonchev–Trinajstić information content (AvgIpc) is 3.20. The molecule has 4 rings (SSSR count). The molecule has 0 saturated carbocycles. The monoisotopic (exact) mass is 428 g/mol. The fourth-order valence-electron chi connectivity index (χ4n) is 3.00. The van der Waals surface area contributed by atoms with Crippen molar-refractivity contribution in [3.8, 4) is 0 Å². The quantitative estimate of drug-likeness (QED) is 0.457. The van der Waals surface area contributed by atoms with Gasteiger partial charge >= 0.3 is 6.18 Å².